The van der Waals surface area contributed by atoms with E-state index < -0.39 is 5.60 Å². The fourth-order valence-electron chi connectivity index (χ4n) is 6.31. The molecule has 1 N–H and O–H groups in total. The van der Waals surface area contributed by atoms with Gasteiger partial charge >= 0.3 is 6.03 Å². The average Bonchev–Trinajstić information content (AvgIpc) is 3.51. The van der Waals surface area contributed by atoms with Gasteiger partial charge in [0.2, 0.25) is 0 Å². The first-order chi connectivity index (χ1) is 22.3. The van der Waals surface area contributed by atoms with E-state index in [4.69, 9.17) is 27.9 Å². The van der Waals surface area contributed by atoms with Crippen LogP contribution in [-0.2, 0) is 25.7 Å². The molecule has 1 aliphatic heterocycles. The standard InChI is InChI=1S/C37H36Cl2N4O3/c1-41-26-40-23-35(41)37(45,29-13-15-34(16-14-29)46-33-11-3-2-4-12-33)30-17-19-42(20-18-30)36(44)43(24-27-7-5-9-31(38)21-27)25-28-8-6-10-32(39)22-28/h2-16,21-23,26,30,45H,17-20,24-25H2,1H3. The van der Waals surface area contributed by atoms with E-state index in [0.29, 0.717) is 60.5 Å². The maximum absolute atomic E-state index is 14.1. The quantitative estimate of drug-likeness (QED) is 0.174. The molecule has 1 aliphatic rings. The second-order valence-corrected chi connectivity index (χ2v) is 12.6. The normalized spacial score (nSPS) is 14.9. The van der Waals surface area contributed by atoms with E-state index in [-0.39, 0.29) is 11.9 Å². The number of rotatable bonds is 9. The minimum Gasteiger partial charge on any atom is -0.457 e. The zero-order valence-corrected chi connectivity index (χ0v) is 27.1. The van der Waals surface area contributed by atoms with Crippen molar-refractivity contribution in [1.82, 2.24) is 19.4 Å². The molecule has 2 heterocycles. The molecule has 0 aliphatic carbocycles. The van der Waals surface area contributed by atoms with E-state index in [1.54, 1.807) is 12.5 Å². The Balaban J connectivity index is 1.21. The number of ether oxygens (including phenoxy) is 1. The summed E-state index contributed by atoms with van der Waals surface area (Å²) in [6.07, 6.45) is 4.65. The highest BCUT2D eigenvalue weighted by Crippen LogP contribution is 2.42. The summed E-state index contributed by atoms with van der Waals surface area (Å²) in [5.74, 6) is 1.28. The monoisotopic (exact) mass is 654 g/mol. The topological polar surface area (TPSA) is 70.8 Å². The van der Waals surface area contributed by atoms with Crippen molar-refractivity contribution in [3.63, 3.8) is 0 Å². The van der Waals surface area contributed by atoms with Crippen molar-refractivity contribution >= 4 is 29.2 Å². The number of nitrogens with zero attached hydrogens (tertiary/aromatic N) is 4. The first-order valence-corrected chi connectivity index (χ1v) is 16.1. The number of piperidine rings is 1. The number of likely N-dealkylation sites (tertiary alicyclic amines) is 1. The van der Waals surface area contributed by atoms with Crippen LogP contribution in [0.5, 0.6) is 11.5 Å². The van der Waals surface area contributed by atoms with Gasteiger partial charge in [0.1, 0.15) is 17.1 Å². The van der Waals surface area contributed by atoms with Gasteiger partial charge in [-0.15, -0.1) is 0 Å². The van der Waals surface area contributed by atoms with E-state index in [1.807, 2.05) is 125 Å². The van der Waals surface area contributed by atoms with Crippen LogP contribution in [0, 0.1) is 5.92 Å². The van der Waals surface area contributed by atoms with Crippen molar-refractivity contribution in [3.05, 3.63) is 148 Å². The summed E-state index contributed by atoms with van der Waals surface area (Å²) in [7, 11) is 1.89. The third-order valence-electron chi connectivity index (χ3n) is 8.63. The Labute approximate surface area is 279 Å². The smallest absolute Gasteiger partial charge is 0.320 e. The molecule has 0 saturated carbocycles. The number of urea groups is 1. The maximum atomic E-state index is 14.1. The van der Waals surface area contributed by atoms with E-state index >= 15 is 0 Å². The number of aromatic nitrogens is 2. The van der Waals surface area contributed by atoms with Crippen molar-refractivity contribution < 1.29 is 14.6 Å². The Morgan fingerprint density at radius 1 is 0.870 bits per heavy atom. The molecule has 0 radical (unpaired) electrons. The van der Waals surface area contributed by atoms with E-state index in [1.165, 1.54) is 0 Å². The summed E-state index contributed by atoms with van der Waals surface area (Å²) in [6.45, 7) is 1.81. The van der Waals surface area contributed by atoms with Crippen LogP contribution in [0.4, 0.5) is 4.79 Å². The first kappa shape index (κ1) is 31.7. The molecule has 1 saturated heterocycles. The Morgan fingerprint density at radius 2 is 1.46 bits per heavy atom. The second-order valence-electron chi connectivity index (χ2n) is 11.8. The number of carbonyl (C=O) groups excluding carboxylic acids is 1. The predicted octanol–water partition coefficient (Wildman–Crippen LogP) is 8.29. The molecule has 2 amide bonds. The number of amides is 2. The van der Waals surface area contributed by atoms with Crippen LogP contribution in [0.25, 0.3) is 0 Å². The van der Waals surface area contributed by atoms with Crippen LogP contribution in [0.3, 0.4) is 0 Å². The van der Waals surface area contributed by atoms with Crippen LogP contribution in [-0.4, -0.2) is 43.6 Å². The second kappa shape index (κ2) is 14.0. The molecular formula is C37H36Cl2N4O3. The zero-order valence-electron chi connectivity index (χ0n) is 25.6. The Hall–Kier alpha value is -4.30. The Kier molecular flexibility index (Phi) is 9.64. The molecule has 1 aromatic heterocycles. The molecule has 5 aromatic rings. The third kappa shape index (κ3) is 7.07. The van der Waals surface area contributed by atoms with Crippen LogP contribution < -0.4 is 4.74 Å². The van der Waals surface area contributed by atoms with Gasteiger partial charge in [-0.2, -0.15) is 0 Å². The first-order valence-electron chi connectivity index (χ1n) is 15.3. The van der Waals surface area contributed by atoms with Gasteiger partial charge in [-0.1, -0.05) is 77.8 Å². The average molecular weight is 656 g/mol. The lowest BCUT2D eigenvalue weighted by atomic mass is 9.74. The van der Waals surface area contributed by atoms with Crippen molar-refractivity contribution in [1.29, 1.82) is 0 Å². The summed E-state index contributed by atoms with van der Waals surface area (Å²) in [5.41, 5.74) is 2.04. The molecule has 9 heteroatoms. The minimum atomic E-state index is -1.31. The van der Waals surface area contributed by atoms with Crippen LogP contribution in [0.1, 0.15) is 35.2 Å². The van der Waals surface area contributed by atoms with Crippen molar-refractivity contribution in [2.45, 2.75) is 31.5 Å². The number of hydrogen-bond donors (Lipinski definition) is 1. The summed E-state index contributed by atoms with van der Waals surface area (Å²) in [6, 6.07) is 32.3. The van der Waals surface area contributed by atoms with E-state index in [0.717, 1.165) is 22.4 Å². The van der Waals surface area contributed by atoms with Crippen LogP contribution >= 0.6 is 23.2 Å². The number of halogens is 2. The van der Waals surface area contributed by atoms with Gasteiger partial charge in [-0.05, 0) is 78.1 Å². The van der Waals surface area contributed by atoms with Gasteiger partial charge in [-0.25, -0.2) is 9.78 Å². The van der Waals surface area contributed by atoms with Gasteiger partial charge in [0.05, 0.1) is 18.2 Å². The molecule has 6 rings (SSSR count). The van der Waals surface area contributed by atoms with Crippen molar-refractivity contribution in [3.8, 4) is 11.5 Å². The van der Waals surface area contributed by atoms with Crippen LogP contribution in [0.2, 0.25) is 10.0 Å². The molecule has 7 nitrogen and oxygen atoms in total. The zero-order chi connectivity index (χ0) is 32.1. The number of aryl methyl sites for hydroxylation is 1. The lowest BCUT2D eigenvalue weighted by Gasteiger charge is -2.43. The highest BCUT2D eigenvalue weighted by Gasteiger charge is 2.44. The van der Waals surface area contributed by atoms with Gasteiger partial charge in [0, 0.05) is 49.2 Å². The largest absolute Gasteiger partial charge is 0.457 e. The summed E-state index contributed by atoms with van der Waals surface area (Å²) in [4.78, 5) is 22.1. The predicted molar refractivity (Wildman–Crippen MR) is 181 cm³/mol. The van der Waals surface area contributed by atoms with Gasteiger partial charge in [0.15, 0.2) is 0 Å². The molecule has 4 aromatic carbocycles. The van der Waals surface area contributed by atoms with Gasteiger partial charge in [0.25, 0.3) is 0 Å². The molecular weight excluding hydrogens is 619 g/mol. The maximum Gasteiger partial charge on any atom is 0.320 e. The molecule has 1 atom stereocenters. The highest BCUT2D eigenvalue weighted by atomic mass is 35.5. The summed E-state index contributed by atoms with van der Waals surface area (Å²) >= 11 is 12.6. The minimum absolute atomic E-state index is 0.0649. The summed E-state index contributed by atoms with van der Waals surface area (Å²) in [5, 5.41) is 13.8. The number of imidazole rings is 1. The number of carbonyl (C=O) groups is 1. The fraction of sp³-hybridized carbons (Fsp3) is 0.243. The Bertz CT molecular complexity index is 1720. The molecule has 46 heavy (non-hydrogen) atoms. The number of para-hydroxylation sites is 1. The Morgan fingerprint density at radius 3 is 2.00 bits per heavy atom. The van der Waals surface area contributed by atoms with Crippen molar-refractivity contribution in [2.24, 2.45) is 13.0 Å². The van der Waals surface area contributed by atoms with Gasteiger partial charge < -0.3 is 24.2 Å². The van der Waals surface area contributed by atoms with E-state index in [9.17, 15) is 9.90 Å². The number of benzene rings is 4. The molecule has 0 bridgehead atoms. The summed E-state index contributed by atoms with van der Waals surface area (Å²) < 4.78 is 7.87. The molecule has 0 spiro atoms. The number of aliphatic hydroxyl groups is 1. The van der Waals surface area contributed by atoms with Crippen LogP contribution in [0.15, 0.2) is 116 Å². The van der Waals surface area contributed by atoms with E-state index in [2.05, 4.69) is 4.98 Å². The fourth-order valence-corrected chi connectivity index (χ4v) is 6.74. The third-order valence-corrected chi connectivity index (χ3v) is 9.10. The molecule has 1 fully saturated rings. The lowest BCUT2D eigenvalue weighted by Crippen LogP contribution is -2.50. The SMILES string of the molecule is Cn1cncc1C(O)(c1ccc(Oc2ccccc2)cc1)C1CCN(C(=O)N(Cc2cccc(Cl)c2)Cc2cccc(Cl)c2)CC1. The molecule has 1 unspecified atom stereocenters. The highest BCUT2D eigenvalue weighted by molar-refractivity contribution is 6.30. The van der Waals surface area contributed by atoms with Gasteiger partial charge in [-0.3, -0.25) is 0 Å². The van der Waals surface area contributed by atoms with Crippen molar-refractivity contribution in [2.75, 3.05) is 13.1 Å². The number of hydrogen-bond acceptors (Lipinski definition) is 4. The molecule has 236 valence electrons. The lowest BCUT2D eigenvalue weighted by molar-refractivity contribution is -0.0167.